The van der Waals surface area contributed by atoms with Crippen molar-refractivity contribution in [1.82, 2.24) is 15.5 Å². The molecule has 2 heterocycles. The molecule has 3 rings (SSSR count). The zero-order valence-electron chi connectivity index (χ0n) is 13.6. The van der Waals surface area contributed by atoms with E-state index in [9.17, 15) is 9.59 Å². The van der Waals surface area contributed by atoms with Gasteiger partial charge in [0.15, 0.2) is 0 Å². The molecule has 2 aromatic rings. The van der Waals surface area contributed by atoms with Crippen LogP contribution in [-0.2, 0) is 11.3 Å². The van der Waals surface area contributed by atoms with Crippen LogP contribution >= 0.6 is 0 Å². The number of nitrogens with one attached hydrogen (secondary N) is 2. The van der Waals surface area contributed by atoms with Gasteiger partial charge in [0.05, 0.1) is 18.8 Å². The second-order valence-corrected chi connectivity index (χ2v) is 5.97. The van der Waals surface area contributed by atoms with Crippen molar-refractivity contribution < 1.29 is 14.0 Å². The Morgan fingerprint density at radius 2 is 2.00 bits per heavy atom. The lowest BCUT2D eigenvalue weighted by atomic mass is 9.94. The topological polar surface area (TPSA) is 74.6 Å². The Labute approximate surface area is 140 Å². The molecule has 24 heavy (non-hydrogen) atoms. The largest absolute Gasteiger partial charge is 0.467 e. The Morgan fingerprint density at radius 1 is 1.21 bits per heavy atom. The highest BCUT2D eigenvalue weighted by Crippen LogP contribution is 2.36. The van der Waals surface area contributed by atoms with Gasteiger partial charge in [-0.15, -0.1) is 0 Å². The van der Waals surface area contributed by atoms with Gasteiger partial charge in [-0.05, 0) is 17.7 Å². The first-order chi connectivity index (χ1) is 11.6. The first-order valence-corrected chi connectivity index (χ1v) is 8.00. The minimum absolute atomic E-state index is 0.0101. The molecule has 2 N–H and O–H groups in total. The molecule has 0 bridgehead atoms. The summed E-state index contributed by atoms with van der Waals surface area (Å²) in [4.78, 5) is 25.8. The van der Waals surface area contributed by atoms with Crippen LogP contribution in [0, 0.1) is 5.92 Å². The third-order valence-electron chi connectivity index (χ3n) is 4.36. The second kappa shape index (κ2) is 7.21. The monoisotopic (exact) mass is 327 g/mol. The summed E-state index contributed by atoms with van der Waals surface area (Å²) in [6.45, 7) is 0.782. The van der Waals surface area contributed by atoms with E-state index in [0.717, 1.165) is 5.56 Å². The van der Waals surface area contributed by atoms with Gasteiger partial charge < -0.3 is 20.0 Å². The van der Waals surface area contributed by atoms with Gasteiger partial charge >= 0.3 is 6.03 Å². The molecule has 1 aromatic carbocycles. The van der Waals surface area contributed by atoms with Crippen molar-refractivity contribution in [3.63, 3.8) is 0 Å². The maximum atomic E-state index is 12.1. The van der Waals surface area contributed by atoms with Gasteiger partial charge in [0.1, 0.15) is 5.76 Å². The van der Waals surface area contributed by atoms with Crippen molar-refractivity contribution >= 4 is 11.9 Å². The molecule has 0 unspecified atom stereocenters. The number of likely N-dealkylation sites (tertiary alicyclic amines) is 1. The second-order valence-electron chi connectivity index (χ2n) is 5.97. The lowest BCUT2D eigenvalue weighted by Crippen LogP contribution is -2.39. The molecule has 1 saturated heterocycles. The molecular weight excluding hydrogens is 306 g/mol. The lowest BCUT2D eigenvalue weighted by molar-refractivity contribution is -0.127. The number of carbonyl (C=O) groups is 2. The van der Waals surface area contributed by atoms with Crippen molar-refractivity contribution in [1.29, 1.82) is 0 Å². The average Bonchev–Trinajstić information content (AvgIpc) is 3.21. The van der Waals surface area contributed by atoms with Gasteiger partial charge in [0, 0.05) is 25.9 Å². The first-order valence-electron chi connectivity index (χ1n) is 8.00. The van der Waals surface area contributed by atoms with Crippen LogP contribution < -0.4 is 10.6 Å². The van der Waals surface area contributed by atoms with Crippen LogP contribution in [0.2, 0.25) is 0 Å². The zero-order chi connectivity index (χ0) is 16.9. The number of benzene rings is 1. The molecule has 0 spiro atoms. The maximum absolute atomic E-state index is 12.1. The number of urea groups is 1. The Balaban J connectivity index is 1.57. The van der Waals surface area contributed by atoms with E-state index in [1.165, 1.54) is 0 Å². The molecule has 6 nitrogen and oxygen atoms in total. The van der Waals surface area contributed by atoms with E-state index < -0.39 is 0 Å². The summed E-state index contributed by atoms with van der Waals surface area (Å²) >= 11 is 0. The van der Waals surface area contributed by atoms with E-state index in [1.54, 1.807) is 23.3 Å². The van der Waals surface area contributed by atoms with Crippen molar-refractivity contribution in [2.45, 2.75) is 19.0 Å². The highest BCUT2D eigenvalue weighted by atomic mass is 16.3. The van der Waals surface area contributed by atoms with Gasteiger partial charge in [-0.3, -0.25) is 4.79 Å². The quantitative estimate of drug-likeness (QED) is 0.885. The van der Waals surface area contributed by atoms with Crippen LogP contribution in [0.3, 0.4) is 0 Å². The van der Waals surface area contributed by atoms with E-state index in [0.29, 0.717) is 25.3 Å². The summed E-state index contributed by atoms with van der Waals surface area (Å²) < 4.78 is 5.17. The zero-order valence-corrected chi connectivity index (χ0v) is 13.6. The predicted octanol–water partition coefficient (Wildman–Crippen LogP) is 2.30. The fourth-order valence-electron chi connectivity index (χ4n) is 3.15. The third-order valence-corrected chi connectivity index (χ3v) is 4.36. The van der Waals surface area contributed by atoms with Crippen LogP contribution in [-0.4, -0.2) is 30.4 Å². The van der Waals surface area contributed by atoms with Crippen molar-refractivity contribution in [2.24, 2.45) is 5.92 Å². The van der Waals surface area contributed by atoms with Crippen molar-refractivity contribution in [3.05, 3.63) is 60.1 Å². The van der Waals surface area contributed by atoms with Crippen LogP contribution in [0.1, 0.15) is 23.8 Å². The van der Waals surface area contributed by atoms with Gasteiger partial charge in [0.25, 0.3) is 0 Å². The summed E-state index contributed by atoms with van der Waals surface area (Å²) in [7, 11) is 1.82. The Hall–Kier alpha value is -2.76. The van der Waals surface area contributed by atoms with Crippen molar-refractivity contribution in [3.8, 4) is 0 Å². The standard InChI is InChI=1S/C18H21N3O3/c1-21-16(22)10-14(17(21)13-6-3-2-4-7-13)11-19-18(23)20-12-15-8-5-9-24-15/h2-9,14,17H,10-12H2,1H3,(H2,19,20,23)/t14-,17-/m0/s1. The minimum atomic E-state index is -0.264. The molecule has 1 aromatic heterocycles. The summed E-state index contributed by atoms with van der Waals surface area (Å²) in [5, 5.41) is 5.60. The number of hydrogen-bond donors (Lipinski definition) is 2. The Kier molecular flexibility index (Phi) is 4.84. The normalized spacial score (nSPS) is 20.2. The molecule has 1 fully saturated rings. The highest BCUT2D eigenvalue weighted by Gasteiger charge is 2.38. The molecule has 1 aliphatic heterocycles. The first kappa shape index (κ1) is 16.1. The fraction of sp³-hybridized carbons (Fsp3) is 0.333. The molecular formula is C18H21N3O3. The molecule has 2 atom stereocenters. The molecule has 0 radical (unpaired) electrons. The van der Waals surface area contributed by atoms with Crippen LogP contribution in [0.4, 0.5) is 4.79 Å². The molecule has 3 amide bonds. The van der Waals surface area contributed by atoms with Gasteiger partial charge in [-0.25, -0.2) is 4.79 Å². The summed E-state index contributed by atoms with van der Waals surface area (Å²) in [5.74, 6) is 0.856. The van der Waals surface area contributed by atoms with Crippen molar-refractivity contribution in [2.75, 3.05) is 13.6 Å². The molecule has 126 valence electrons. The fourth-order valence-corrected chi connectivity index (χ4v) is 3.15. The third kappa shape index (κ3) is 3.59. The van der Waals surface area contributed by atoms with E-state index >= 15 is 0 Å². The smallest absolute Gasteiger partial charge is 0.315 e. The van der Waals surface area contributed by atoms with Crippen LogP contribution in [0.25, 0.3) is 0 Å². The summed E-state index contributed by atoms with van der Waals surface area (Å²) in [5.41, 5.74) is 1.09. The van der Waals surface area contributed by atoms with E-state index in [4.69, 9.17) is 4.42 Å². The summed E-state index contributed by atoms with van der Waals surface area (Å²) in [6.07, 6.45) is 2.01. The van der Waals surface area contributed by atoms with Crippen LogP contribution in [0.5, 0.6) is 0 Å². The van der Waals surface area contributed by atoms with Gasteiger partial charge in [0.2, 0.25) is 5.91 Å². The molecule has 0 aliphatic carbocycles. The van der Waals surface area contributed by atoms with E-state index in [1.807, 2.05) is 37.4 Å². The Morgan fingerprint density at radius 3 is 2.71 bits per heavy atom. The lowest BCUT2D eigenvalue weighted by Gasteiger charge is -2.25. The minimum Gasteiger partial charge on any atom is -0.467 e. The van der Waals surface area contributed by atoms with Crippen LogP contribution in [0.15, 0.2) is 53.1 Å². The average molecular weight is 327 g/mol. The maximum Gasteiger partial charge on any atom is 0.315 e. The highest BCUT2D eigenvalue weighted by molar-refractivity contribution is 5.80. The Bertz CT molecular complexity index is 685. The van der Waals surface area contributed by atoms with Gasteiger partial charge in [-0.1, -0.05) is 30.3 Å². The predicted molar refractivity (Wildman–Crippen MR) is 89.0 cm³/mol. The number of rotatable bonds is 5. The number of nitrogens with zero attached hydrogens (tertiary/aromatic N) is 1. The van der Waals surface area contributed by atoms with E-state index in [2.05, 4.69) is 10.6 Å². The molecule has 6 heteroatoms. The summed E-state index contributed by atoms with van der Waals surface area (Å²) in [6, 6.07) is 13.2. The number of furan rings is 1. The number of amides is 3. The number of hydrogen-bond acceptors (Lipinski definition) is 3. The van der Waals surface area contributed by atoms with E-state index in [-0.39, 0.29) is 23.9 Å². The molecule has 0 saturated carbocycles. The van der Waals surface area contributed by atoms with Gasteiger partial charge in [-0.2, -0.15) is 0 Å². The molecule has 1 aliphatic rings. The number of carbonyl (C=O) groups excluding carboxylic acids is 2. The SMILES string of the molecule is CN1C(=O)C[C@@H](CNC(=O)NCc2ccco2)[C@@H]1c1ccccc1.